The van der Waals surface area contributed by atoms with E-state index >= 15 is 0 Å². The van der Waals surface area contributed by atoms with E-state index in [9.17, 15) is 8.42 Å². The van der Waals surface area contributed by atoms with E-state index in [1.807, 2.05) is 19.1 Å². The fourth-order valence-electron chi connectivity index (χ4n) is 1.56. The fraction of sp³-hybridized carbons (Fsp3) is 0.0769. The molecule has 0 saturated heterocycles. The monoisotopic (exact) mass is 394 g/mol. The molecule has 0 spiro atoms. The summed E-state index contributed by atoms with van der Waals surface area (Å²) >= 11 is 9.38. The first-order valence-corrected chi connectivity index (χ1v) is 8.93. The Hall–Kier alpha value is -0.750. The highest BCUT2D eigenvalue weighted by atomic mass is 79.9. The Kier molecular flexibility index (Phi) is 4.64. The van der Waals surface area contributed by atoms with Crippen molar-refractivity contribution in [2.75, 3.05) is 0 Å². The zero-order chi connectivity index (χ0) is 14.9. The van der Waals surface area contributed by atoms with Gasteiger partial charge >= 0.3 is 0 Å². The summed E-state index contributed by atoms with van der Waals surface area (Å²) in [5.41, 5.74) is 0.921. The lowest BCUT2D eigenvalue weighted by molar-refractivity contribution is 0.478. The van der Waals surface area contributed by atoms with Crippen LogP contribution in [-0.2, 0) is 9.05 Å². The lowest BCUT2D eigenvalue weighted by Gasteiger charge is -2.11. The molecule has 0 fully saturated rings. The SMILES string of the molecule is Cc1cc(Br)ccc1Oc1ccc(S(=O)(=O)Cl)cc1Cl. The summed E-state index contributed by atoms with van der Waals surface area (Å²) in [6.07, 6.45) is 0. The van der Waals surface area contributed by atoms with Crippen LogP contribution >= 0.6 is 38.2 Å². The molecule has 2 aromatic rings. The van der Waals surface area contributed by atoms with E-state index in [0.29, 0.717) is 11.5 Å². The Balaban J connectivity index is 2.35. The standard InChI is InChI=1S/C13H9BrCl2O3S/c1-8-6-9(14)2-4-12(8)19-13-5-3-10(7-11(13)15)20(16,17)18/h2-7H,1H3. The quantitative estimate of drug-likeness (QED) is 0.676. The second kappa shape index (κ2) is 5.93. The normalized spacial score (nSPS) is 11.4. The molecular weight excluding hydrogens is 387 g/mol. The number of ether oxygens (including phenoxy) is 1. The van der Waals surface area contributed by atoms with Crippen LogP contribution in [0, 0.1) is 6.92 Å². The van der Waals surface area contributed by atoms with Gasteiger partial charge in [0.2, 0.25) is 0 Å². The van der Waals surface area contributed by atoms with E-state index in [1.54, 1.807) is 6.07 Å². The Morgan fingerprint density at radius 3 is 2.30 bits per heavy atom. The Bertz CT molecular complexity index is 760. The molecule has 0 amide bonds. The van der Waals surface area contributed by atoms with Gasteiger partial charge in [-0.15, -0.1) is 0 Å². The molecule has 0 saturated carbocycles. The molecule has 0 radical (unpaired) electrons. The summed E-state index contributed by atoms with van der Waals surface area (Å²) in [4.78, 5) is -0.0657. The molecular formula is C13H9BrCl2O3S. The highest BCUT2D eigenvalue weighted by Crippen LogP contribution is 2.34. The summed E-state index contributed by atoms with van der Waals surface area (Å²) in [5, 5.41) is 0.175. The molecule has 0 N–H and O–H groups in total. The van der Waals surface area contributed by atoms with Crippen molar-refractivity contribution in [2.24, 2.45) is 0 Å². The highest BCUT2D eigenvalue weighted by molar-refractivity contribution is 9.10. The first-order chi connectivity index (χ1) is 9.27. The van der Waals surface area contributed by atoms with Gasteiger partial charge in [-0.1, -0.05) is 27.5 Å². The van der Waals surface area contributed by atoms with Gasteiger partial charge in [0.25, 0.3) is 9.05 Å². The van der Waals surface area contributed by atoms with Crippen LogP contribution in [0.5, 0.6) is 11.5 Å². The van der Waals surface area contributed by atoms with Crippen LogP contribution in [0.15, 0.2) is 45.8 Å². The van der Waals surface area contributed by atoms with E-state index in [2.05, 4.69) is 15.9 Å². The van der Waals surface area contributed by atoms with E-state index in [0.717, 1.165) is 10.0 Å². The van der Waals surface area contributed by atoms with Gasteiger partial charge in [-0.05, 0) is 48.9 Å². The maximum atomic E-state index is 11.2. The van der Waals surface area contributed by atoms with Crippen molar-refractivity contribution < 1.29 is 13.2 Å². The summed E-state index contributed by atoms with van der Waals surface area (Å²) in [5.74, 6) is 0.998. The largest absolute Gasteiger partial charge is 0.456 e. The van der Waals surface area contributed by atoms with Crippen LogP contribution in [0.1, 0.15) is 5.56 Å². The van der Waals surface area contributed by atoms with Gasteiger partial charge in [0.05, 0.1) is 9.92 Å². The highest BCUT2D eigenvalue weighted by Gasteiger charge is 2.13. The van der Waals surface area contributed by atoms with E-state index in [1.165, 1.54) is 18.2 Å². The van der Waals surface area contributed by atoms with E-state index in [-0.39, 0.29) is 9.92 Å². The third-order valence-electron chi connectivity index (χ3n) is 2.54. The molecule has 0 unspecified atom stereocenters. The maximum absolute atomic E-state index is 11.2. The van der Waals surface area contributed by atoms with Crippen molar-refractivity contribution in [1.29, 1.82) is 0 Å². The zero-order valence-electron chi connectivity index (χ0n) is 10.2. The molecule has 0 bridgehead atoms. The molecule has 0 heterocycles. The van der Waals surface area contributed by atoms with Crippen LogP contribution in [0.3, 0.4) is 0 Å². The Morgan fingerprint density at radius 1 is 1.10 bits per heavy atom. The van der Waals surface area contributed by atoms with Crippen molar-refractivity contribution >= 4 is 47.3 Å². The summed E-state index contributed by atoms with van der Waals surface area (Å²) in [7, 11) is 1.45. The second-order valence-electron chi connectivity index (χ2n) is 4.04. The third-order valence-corrected chi connectivity index (χ3v) is 4.68. The first-order valence-electron chi connectivity index (χ1n) is 5.45. The van der Waals surface area contributed by atoms with Crippen molar-refractivity contribution in [3.63, 3.8) is 0 Å². The van der Waals surface area contributed by atoms with Gasteiger partial charge in [0.15, 0.2) is 0 Å². The molecule has 2 aromatic carbocycles. The van der Waals surface area contributed by atoms with Crippen LogP contribution in [0.2, 0.25) is 5.02 Å². The molecule has 2 rings (SSSR count). The number of hydrogen-bond donors (Lipinski definition) is 0. The molecule has 7 heteroatoms. The lowest BCUT2D eigenvalue weighted by atomic mass is 10.2. The zero-order valence-corrected chi connectivity index (χ0v) is 14.1. The summed E-state index contributed by atoms with van der Waals surface area (Å²) in [6, 6.07) is 9.61. The number of hydrogen-bond acceptors (Lipinski definition) is 3. The van der Waals surface area contributed by atoms with E-state index in [4.69, 9.17) is 27.0 Å². The minimum atomic E-state index is -3.80. The average Bonchev–Trinajstić information content (AvgIpc) is 2.33. The summed E-state index contributed by atoms with van der Waals surface area (Å²) < 4.78 is 29.0. The molecule has 0 aliphatic rings. The van der Waals surface area contributed by atoms with Crippen molar-refractivity contribution in [2.45, 2.75) is 11.8 Å². The maximum Gasteiger partial charge on any atom is 0.261 e. The first kappa shape index (κ1) is 15.6. The topological polar surface area (TPSA) is 43.4 Å². The number of rotatable bonds is 3. The Morgan fingerprint density at radius 2 is 1.75 bits per heavy atom. The number of halogens is 3. The molecule has 0 aromatic heterocycles. The molecule has 0 aliphatic heterocycles. The number of benzene rings is 2. The van der Waals surface area contributed by atoms with Gasteiger partial charge in [-0.2, -0.15) is 0 Å². The van der Waals surface area contributed by atoms with Crippen molar-refractivity contribution in [3.05, 3.63) is 51.5 Å². The number of aryl methyl sites for hydroxylation is 1. The lowest BCUT2D eigenvalue weighted by Crippen LogP contribution is -1.93. The van der Waals surface area contributed by atoms with E-state index < -0.39 is 9.05 Å². The fourth-order valence-corrected chi connectivity index (χ4v) is 3.10. The van der Waals surface area contributed by atoms with Crippen molar-refractivity contribution in [1.82, 2.24) is 0 Å². The molecule has 0 aliphatic carbocycles. The summed E-state index contributed by atoms with van der Waals surface area (Å²) in [6.45, 7) is 1.89. The smallest absolute Gasteiger partial charge is 0.261 e. The van der Waals surface area contributed by atoms with Crippen LogP contribution in [-0.4, -0.2) is 8.42 Å². The predicted octanol–water partition coefficient (Wildman–Crippen LogP) is 5.13. The van der Waals surface area contributed by atoms with Crippen LogP contribution in [0.4, 0.5) is 0 Å². The minimum absolute atomic E-state index is 0.0657. The predicted molar refractivity (Wildman–Crippen MR) is 83.4 cm³/mol. The van der Waals surface area contributed by atoms with Gasteiger partial charge in [0, 0.05) is 15.2 Å². The third kappa shape index (κ3) is 3.67. The second-order valence-corrected chi connectivity index (χ2v) is 7.93. The van der Waals surface area contributed by atoms with Gasteiger partial charge < -0.3 is 4.74 Å². The van der Waals surface area contributed by atoms with Crippen LogP contribution < -0.4 is 4.74 Å². The van der Waals surface area contributed by atoms with Gasteiger partial charge in [-0.25, -0.2) is 8.42 Å². The Labute approximate surface area is 135 Å². The molecule has 20 heavy (non-hydrogen) atoms. The van der Waals surface area contributed by atoms with Crippen LogP contribution in [0.25, 0.3) is 0 Å². The van der Waals surface area contributed by atoms with Gasteiger partial charge in [-0.3, -0.25) is 0 Å². The van der Waals surface area contributed by atoms with Gasteiger partial charge in [0.1, 0.15) is 11.5 Å². The average molecular weight is 396 g/mol. The molecule has 106 valence electrons. The minimum Gasteiger partial charge on any atom is -0.456 e. The van der Waals surface area contributed by atoms with Crippen molar-refractivity contribution in [3.8, 4) is 11.5 Å². The molecule has 3 nitrogen and oxygen atoms in total. The molecule has 0 atom stereocenters.